The molecule has 0 saturated heterocycles. The molecule has 2 N–H and O–H groups in total. The van der Waals surface area contributed by atoms with Gasteiger partial charge in [-0.1, -0.05) is 29.8 Å². The molecule has 2 aromatic rings. The maximum atomic E-state index is 12.4. The van der Waals surface area contributed by atoms with Crippen molar-refractivity contribution in [1.82, 2.24) is 4.72 Å². The summed E-state index contributed by atoms with van der Waals surface area (Å²) >= 11 is 0. The number of aryl methyl sites for hydroxylation is 2. The summed E-state index contributed by atoms with van der Waals surface area (Å²) in [5.41, 5.74) is 3.58. The number of benzene rings is 2. The molecule has 5 nitrogen and oxygen atoms in total. The Morgan fingerprint density at radius 3 is 2.57 bits per heavy atom. The van der Waals surface area contributed by atoms with Crippen LogP contribution in [0.25, 0.3) is 0 Å². The zero-order chi connectivity index (χ0) is 16.4. The maximum absolute atomic E-state index is 12.4. The van der Waals surface area contributed by atoms with Gasteiger partial charge in [-0.15, -0.1) is 0 Å². The Hall–Kier alpha value is -2.18. The van der Waals surface area contributed by atoms with Gasteiger partial charge < -0.3 is 5.32 Å². The lowest BCUT2D eigenvalue weighted by Gasteiger charge is -2.17. The van der Waals surface area contributed by atoms with Crippen molar-refractivity contribution >= 4 is 21.6 Å². The monoisotopic (exact) mass is 330 g/mol. The highest BCUT2D eigenvalue weighted by Gasteiger charge is 2.19. The van der Waals surface area contributed by atoms with E-state index in [0.717, 1.165) is 16.7 Å². The third-order valence-electron chi connectivity index (χ3n) is 3.87. The second kappa shape index (κ2) is 6.14. The summed E-state index contributed by atoms with van der Waals surface area (Å²) in [6.45, 7) is 2.23. The van der Waals surface area contributed by atoms with Crippen LogP contribution in [0.15, 0.2) is 47.4 Å². The Labute approximate surface area is 135 Å². The Kier molecular flexibility index (Phi) is 4.19. The van der Waals surface area contributed by atoms with Crippen molar-refractivity contribution < 1.29 is 13.2 Å². The molecule has 1 aliphatic rings. The first-order valence-electron chi connectivity index (χ1n) is 7.42. The van der Waals surface area contributed by atoms with Crippen molar-refractivity contribution in [1.29, 1.82) is 0 Å². The molecule has 0 spiro atoms. The minimum absolute atomic E-state index is 0.0365. The van der Waals surface area contributed by atoms with Gasteiger partial charge in [0.25, 0.3) is 0 Å². The van der Waals surface area contributed by atoms with Crippen LogP contribution in [0.5, 0.6) is 0 Å². The SMILES string of the molecule is Cc1ccc(CNS(=O)(=O)c2ccc3c(c2)CCC(=O)N3)cc1. The first-order valence-corrected chi connectivity index (χ1v) is 8.90. The fourth-order valence-electron chi connectivity index (χ4n) is 2.49. The van der Waals surface area contributed by atoms with Gasteiger partial charge in [0.1, 0.15) is 0 Å². The summed E-state index contributed by atoms with van der Waals surface area (Å²) in [5.74, 6) is -0.0365. The highest BCUT2D eigenvalue weighted by molar-refractivity contribution is 7.89. The van der Waals surface area contributed by atoms with Crippen LogP contribution in [0.3, 0.4) is 0 Å². The van der Waals surface area contributed by atoms with Crippen molar-refractivity contribution in [3.8, 4) is 0 Å². The molecule has 0 fully saturated rings. The van der Waals surface area contributed by atoms with Gasteiger partial charge in [0, 0.05) is 18.7 Å². The van der Waals surface area contributed by atoms with Crippen LogP contribution < -0.4 is 10.0 Å². The van der Waals surface area contributed by atoms with Crippen LogP contribution in [-0.2, 0) is 27.8 Å². The van der Waals surface area contributed by atoms with E-state index < -0.39 is 10.0 Å². The quantitative estimate of drug-likeness (QED) is 0.903. The van der Waals surface area contributed by atoms with Gasteiger partial charge in [-0.3, -0.25) is 4.79 Å². The molecular formula is C17H18N2O3S. The zero-order valence-electron chi connectivity index (χ0n) is 12.8. The molecule has 0 radical (unpaired) electrons. The van der Waals surface area contributed by atoms with Crippen molar-refractivity contribution in [3.63, 3.8) is 0 Å². The van der Waals surface area contributed by atoms with Crippen molar-refractivity contribution in [2.24, 2.45) is 0 Å². The molecule has 0 unspecified atom stereocenters. The number of rotatable bonds is 4. The molecule has 1 heterocycles. The minimum atomic E-state index is -3.58. The lowest BCUT2D eigenvalue weighted by Crippen LogP contribution is -2.24. The normalized spacial score (nSPS) is 14.2. The summed E-state index contributed by atoms with van der Waals surface area (Å²) in [4.78, 5) is 11.6. The first kappa shape index (κ1) is 15.7. The fourth-order valence-corrected chi connectivity index (χ4v) is 3.56. The standard InChI is InChI=1S/C17H18N2O3S/c1-12-2-4-13(5-3-12)11-18-23(21,22)15-7-8-16-14(10-15)6-9-17(20)19-16/h2-5,7-8,10,18H,6,9,11H2,1H3,(H,19,20). The van der Waals surface area contributed by atoms with Crippen LogP contribution in [-0.4, -0.2) is 14.3 Å². The Bertz CT molecular complexity index is 843. The van der Waals surface area contributed by atoms with Gasteiger partial charge >= 0.3 is 0 Å². The van der Waals surface area contributed by atoms with Gasteiger partial charge in [-0.2, -0.15) is 0 Å². The number of fused-ring (bicyclic) bond motifs is 1. The second-order valence-corrected chi connectivity index (χ2v) is 7.44. The van der Waals surface area contributed by atoms with Crippen LogP contribution in [0, 0.1) is 6.92 Å². The van der Waals surface area contributed by atoms with Gasteiger partial charge in [-0.25, -0.2) is 13.1 Å². The van der Waals surface area contributed by atoms with E-state index in [9.17, 15) is 13.2 Å². The number of anilines is 1. The zero-order valence-corrected chi connectivity index (χ0v) is 13.6. The van der Waals surface area contributed by atoms with Crippen LogP contribution >= 0.6 is 0 Å². The molecular weight excluding hydrogens is 312 g/mol. The molecule has 0 atom stereocenters. The minimum Gasteiger partial charge on any atom is -0.326 e. The number of amides is 1. The van der Waals surface area contributed by atoms with E-state index in [-0.39, 0.29) is 17.3 Å². The van der Waals surface area contributed by atoms with Crippen molar-refractivity contribution in [3.05, 3.63) is 59.2 Å². The summed E-state index contributed by atoms with van der Waals surface area (Å²) < 4.78 is 27.5. The highest BCUT2D eigenvalue weighted by Crippen LogP contribution is 2.25. The van der Waals surface area contributed by atoms with E-state index in [1.165, 1.54) is 6.07 Å². The van der Waals surface area contributed by atoms with Crippen molar-refractivity contribution in [2.45, 2.75) is 31.2 Å². The lowest BCUT2D eigenvalue weighted by molar-refractivity contribution is -0.116. The van der Waals surface area contributed by atoms with E-state index in [0.29, 0.717) is 18.5 Å². The third kappa shape index (κ3) is 3.60. The topological polar surface area (TPSA) is 75.3 Å². The summed E-state index contributed by atoms with van der Waals surface area (Å²) in [7, 11) is -3.58. The number of hydrogen-bond donors (Lipinski definition) is 2. The molecule has 0 saturated carbocycles. The van der Waals surface area contributed by atoms with Crippen LogP contribution in [0.1, 0.15) is 23.1 Å². The van der Waals surface area contributed by atoms with Crippen molar-refractivity contribution in [2.75, 3.05) is 5.32 Å². The van der Waals surface area contributed by atoms with Crippen LogP contribution in [0.2, 0.25) is 0 Å². The number of sulfonamides is 1. The molecule has 1 aliphatic heterocycles. The second-order valence-electron chi connectivity index (χ2n) is 5.68. The summed E-state index contributed by atoms with van der Waals surface area (Å²) in [5, 5.41) is 2.75. The largest absolute Gasteiger partial charge is 0.326 e. The van der Waals surface area contributed by atoms with Gasteiger partial charge in [-0.05, 0) is 42.7 Å². The molecule has 1 amide bonds. The maximum Gasteiger partial charge on any atom is 0.240 e. The van der Waals surface area contributed by atoms with E-state index in [4.69, 9.17) is 0 Å². The van der Waals surface area contributed by atoms with E-state index in [1.54, 1.807) is 12.1 Å². The Morgan fingerprint density at radius 1 is 1.09 bits per heavy atom. The molecule has 23 heavy (non-hydrogen) atoms. The molecule has 120 valence electrons. The molecule has 0 bridgehead atoms. The number of nitrogens with one attached hydrogen (secondary N) is 2. The third-order valence-corrected chi connectivity index (χ3v) is 5.27. The van der Waals surface area contributed by atoms with E-state index in [2.05, 4.69) is 10.0 Å². The summed E-state index contributed by atoms with van der Waals surface area (Å²) in [6, 6.07) is 12.5. The molecule has 2 aromatic carbocycles. The van der Waals surface area contributed by atoms with Gasteiger partial charge in [0.2, 0.25) is 15.9 Å². The average Bonchev–Trinajstić information content (AvgIpc) is 2.54. The predicted octanol–water partition coefficient (Wildman–Crippen LogP) is 2.36. The fraction of sp³-hybridized carbons (Fsp3) is 0.235. The molecule has 0 aromatic heterocycles. The molecule has 6 heteroatoms. The number of carbonyl (C=O) groups is 1. The highest BCUT2D eigenvalue weighted by atomic mass is 32.2. The number of carbonyl (C=O) groups excluding carboxylic acids is 1. The smallest absolute Gasteiger partial charge is 0.240 e. The number of hydrogen-bond acceptors (Lipinski definition) is 3. The first-order chi connectivity index (χ1) is 10.9. The van der Waals surface area contributed by atoms with Gasteiger partial charge in [0.15, 0.2) is 0 Å². The molecule has 0 aliphatic carbocycles. The van der Waals surface area contributed by atoms with E-state index >= 15 is 0 Å². The average molecular weight is 330 g/mol. The lowest BCUT2D eigenvalue weighted by atomic mass is 10.0. The van der Waals surface area contributed by atoms with Crippen LogP contribution in [0.4, 0.5) is 5.69 Å². The summed E-state index contributed by atoms with van der Waals surface area (Å²) in [6.07, 6.45) is 0.940. The van der Waals surface area contributed by atoms with E-state index in [1.807, 2.05) is 31.2 Å². The Morgan fingerprint density at radius 2 is 1.83 bits per heavy atom. The molecule has 3 rings (SSSR count). The predicted molar refractivity (Wildman–Crippen MR) is 88.6 cm³/mol. The van der Waals surface area contributed by atoms with Gasteiger partial charge in [0.05, 0.1) is 4.90 Å². The Balaban J connectivity index is 1.77.